The number of carbonyl (C=O) groups excluding carboxylic acids is 1. The van der Waals surface area contributed by atoms with Crippen molar-refractivity contribution in [3.8, 4) is 0 Å². The van der Waals surface area contributed by atoms with Gasteiger partial charge in [0.1, 0.15) is 5.60 Å². The number of halogens is 1. The minimum atomic E-state index is -0.447. The van der Waals surface area contributed by atoms with Crippen LogP contribution in [0, 0.1) is 5.41 Å². The van der Waals surface area contributed by atoms with Crippen LogP contribution in [0.2, 0.25) is 5.02 Å². The van der Waals surface area contributed by atoms with Crippen LogP contribution < -0.4 is 0 Å². The molecule has 1 saturated heterocycles. The number of allylic oxidation sites excluding steroid dienone is 1. The lowest BCUT2D eigenvalue weighted by Gasteiger charge is -2.53. The number of likely N-dealkylation sites (tertiary alicyclic amines) is 1. The van der Waals surface area contributed by atoms with Crippen LogP contribution in [-0.2, 0) is 4.74 Å². The van der Waals surface area contributed by atoms with Crippen molar-refractivity contribution < 1.29 is 9.53 Å². The van der Waals surface area contributed by atoms with Gasteiger partial charge in [0.05, 0.1) is 5.02 Å². The fourth-order valence-electron chi connectivity index (χ4n) is 2.71. The third-order valence-corrected chi connectivity index (χ3v) is 3.79. The second kappa shape index (κ2) is 4.70. The number of rotatable bonds is 1. The zero-order chi connectivity index (χ0) is 15.3. The molecule has 0 radical (unpaired) electrons. The predicted octanol–water partition coefficient (Wildman–Crippen LogP) is 3.15. The molecule has 1 aromatic rings. The van der Waals surface area contributed by atoms with Crippen molar-refractivity contribution >= 4 is 23.3 Å². The maximum Gasteiger partial charge on any atom is 0.410 e. The second-order valence-electron chi connectivity index (χ2n) is 6.77. The van der Waals surface area contributed by atoms with Crippen molar-refractivity contribution in [2.45, 2.75) is 32.8 Å². The first-order valence-electron chi connectivity index (χ1n) is 6.94. The number of ether oxygens (including phenoxy) is 1. The lowest BCUT2D eigenvalue weighted by molar-refractivity contribution is -0.0208. The maximum absolute atomic E-state index is 11.9. The van der Waals surface area contributed by atoms with Gasteiger partial charge in [-0.05, 0) is 32.8 Å². The Kier molecular flexibility index (Phi) is 3.20. The van der Waals surface area contributed by atoms with E-state index in [9.17, 15) is 4.79 Å². The number of hydrogen-bond acceptors (Lipinski definition) is 4. The fraction of sp³-hybridized carbons (Fsp3) is 0.533. The first kappa shape index (κ1) is 14.3. The Hall–Kier alpha value is -1.62. The van der Waals surface area contributed by atoms with E-state index in [1.54, 1.807) is 17.3 Å². The highest BCUT2D eigenvalue weighted by Crippen LogP contribution is 2.49. The fourth-order valence-corrected chi connectivity index (χ4v) is 2.81. The third-order valence-electron chi connectivity index (χ3n) is 3.59. The molecule has 1 aromatic heterocycles. The van der Waals surface area contributed by atoms with E-state index < -0.39 is 5.60 Å². The van der Waals surface area contributed by atoms with Crippen LogP contribution in [0.25, 0.3) is 5.57 Å². The minimum absolute atomic E-state index is 0.0925. The molecule has 0 atom stereocenters. The molecule has 0 bridgehead atoms. The van der Waals surface area contributed by atoms with E-state index in [2.05, 4.69) is 16.0 Å². The van der Waals surface area contributed by atoms with Gasteiger partial charge in [0.2, 0.25) is 0 Å². The Balaban J connectivity index is 1.58. The van der Waals surface area contributed by atoms with E-state index in [0.29, 0.717) is 18.1 Å². The van der Waals surface area contributed by atoms with Crippen LogP contribution in [0.15, 0.2) is 18.5 Å². The van der Waals surface area contributed by atoms with Crippen molar-refractivity contribution in [1.82, 2.24) is 14.9 Å². The number of hydrogen-bond donors (Lipinski definition) is 0. The van der Waals surface area contributed by atoms with Gasteiger partial charge < -0.3 is 9.64 Å². The second-order valence-corrected chi connectivity index (χ2v) is 7.21. The molecule has 1 aliphatic heterocycles. The summed E-state index contributed by atoms with van der Waals surface area (Å²) in [7, 11) is 0. The topological polar surface area (TPSA) is 55.3 Å². The van der Waals surface area contributed by atoms with Gasteiger partial charge in [-0.15, -0.1) is 0 Å². The molecule has 112 valence electrons. The van der Waals surface area contributed by atoms with E-state index >= 15 is 0 Å². The molecule has 1 amide bonds. The predicted molar refractivity (Wildman–Crippen MR) is 79.9 cm³/mol. The molecular formula is C15H18ClN3O2. The molecule has 0 aromatic carbocycles. The zero-order valence-corrected chi connectivity index (χ0v) is 13.1. The van der Waals surface area contributed by atoms with Crippen molar-refractivity contribution in [2.24, 2.45) is 5.41 Å². The summed E-state index contributed by atoms with van der Waals surface area (Å²) >= 11 is 5.78. The SMILES string of the molecule is CC(C)(C)OC(=O)N1CC2(C=C(c3ncc(Cl)cn3)C2)C1. The standard InChI is InChI=1S/C15H18ClN3O2/c1-14(2,3)21-13(20)19-8-15(9-19)4-10(5-15)12-17-6-11(16)7-18-12/h4,6-7H,5,8-9H2,1-3H3. The Labute approximate surface area is 129 Å². The summed E-state index contributed by atoms with van der Waals surface area (Å²) < 4.78 is 5.36. The maximum atomic E-state index is 11.9. The zero-order valence-electron chi connectivity index (χ0n) is 12.4. The highest BCUT2D eigenvalue weighted by molar-refractivity contribution is 6.30. The first-order chi connectivity index (χ1) is 9.76. The molecule has 1 spiro atoms. The third kappa shape index (κ3) is 2.88. The molecule has 1 fully saturated rings. The van der Waals surface area contributed by atoms with Crippen LogP contribution in [-0.4, -0.2) is 39.7 Å². The number of nitrogens with zero attached hydrogens (tertiary/aromatic N) is 3. The van der Waals surface area contributed by atoms with E-state index in [1.165, 1.54) is 0 Å². The average Bonchev–Trinajstić information content (AvgIpc) is 2.25. The van der Waals surface area contributed by atoms with Gasteiger partial charge in [0.25, 0.3) is 0 Å². The minimum Gasteiger partial charge on any atom is -0.444 e. The highest BCUT2D eigenvalue weighted by Gasteiger charge is 2.50. The molecule has 0 unspecified atom stereocenters. The molecule has 5 nitrogen and oxygen atoms in total. The van der Waals surface area contributed by atoms with Gasteiger partial charge in [-0.3, -0.25) is 0 Å². The number of aromatic nitrogens is 2. The normalized spacial score (nSPS) is 19.6. The van der Waals surface area contributed by atoms with Gasteiger partial charge in [-0.2, -0.15) is 0 Å². The van der Waals surface area contributed by atoms with Gasteiger partial charge >= 0.3 is 6.09 Å². The van der Waals surface area contributed by atoms with Gasteiger partial charge in [0, 0.05) is 30.9 Å². The van der Waals surface area contributed by atoms with Gasteiger partial charge in [0.15, 0.2) is 5.82 Å². The summed E-state index contributed by atoms with van der Waals surface area (Å²) in [5.74, 6) is 0.723. The Morgan fingerprint density at radius 1 is 1.33 bits per heavy atom. The molecule has 0 saturated carbocycles. The van der Waals surface area contributed by atoms with Crippen LogP contribution in [0.4, 0.5) is 4.79 Å². The molecule has 1 aliphatic carbocycles. The molecule has 0 N–H and O–H groups in total. The van der Waals surface area contributed by atoms with Crippen molar-refractivity contribution in [3.05, 3.63) is 29.3 Å². The summed E-state index contributed by atoms with van der Waals surface area (Å²) in [6, 6.07) is 0. The van der Waals surface area contributed by atoms with Crippen LogP contribution in [0.5, 0.6) is 0 Å². The van der Waals surface area contributed by atoms with Crippen molar-refractivity contribution in [3.63, 3.8) is 0 Å². The molecule has 2 heterocycles. The summed E-state index contributed by atoms with van der Waals surface area (Å²) in [6.07, 6.45) is 6.02. The number of amides is 1. The van der Waals surface area contributed by atoms with E-state index in [-0.39, 0.29) is 11.5 Å². The van der Waals surface area contributed by atoms with E-state index in [0.717, 1.165) is 17.8 Å². The lowest BCUT2D eigenvalue weighted by Crippen LogP contribution is -2.60. The Morgan fingerprint density at radius 3 is 2.43 bits per heavy atom. The van der Waals surface area contributed by atoms with Crippen LogP contribution in [0.1, 0.15) is 33.0 Å². The Morgan fingerprint density at radius 2 is 1.90 bits per heavy atom. The summed E-state index contributed by atoms with van der Waals surface area (Å²) in [4.78, 5) is 22.1. The van der Waals surface area contributed by atoms with Crippen LogP contribution >= 0.6 is 11.6 Å². The van der Waals surface area contributed by atoms with Gasteiger partial charge in [-0.1, -0.05) is 17.7 Å². The smallest absolute Gasteiger partial charge is 0.410 e. The van der Waals surface area contributed by atoms with Crippen molar-refractivity contribution in [2.75, 3.05) is 13.1 Å². The summed E-state index contributed by atoms with van der Waals surface area (Å²) in [6.45, 7) is 7.04. The Bertz CT molecular complexity index is 598. The molecule has 21 heavy (non-hydrogen) atoms. The van der Waals surface area contributed by atoms with Crippen LogP contribution in [0.3, 0.4) is 0 Å². The molecule has 6 heteroatoms. The molecule has 3 rings (SSSR count). The molecule has 2 aliphatic rings. The first-order valence-corrected chi connectivity index (χ1v) is 7.32. The largest absolute Gasteiger partial charge is 0.444 e. The quantitative estimate of drug-likeness (QED) is 0.799. The van der Waals surface area contributed by atoms with E-state index in [1.807, 2.05) is 20.8 Å². The molecular weight excluding hydrogens is 290 g/mol. The van der Waals surface area contributed by atoms with Gasteiger partial charge in [-0.25, -0.2) is 14.8 Å². The summed E-state index contributed by atoms with van der Waals surface area (Å²) in [5, 5.41) is 0.535. The lowest BCUT2D eigenvalue weighted by atomic mass is 9.65. The van der Waals surface area contributed by atoms with E-state index in [4.69, 9.17) is 16.3 Å². The average molecular weight is 308 g/mol. The highest BCUT2D eigenvalue weighted by atomic mass is 35.5. The summed E-state index contributed by atoms with van der Waals surface area (Å²) in [5.41, 5.74) is 0.767. The number of carbonyl (C=O) groups is 1. The van der Waals surface area contributed by atoms with Crippen molar-refractivity contribution in [1.29, 1.82) is 0 Å². The monoisotopic (exact) mass is 307 g/mol.